The van der Waals surface area contributed by atoms with Crippen molar-refractivity contribution in [3.63, 3.8) is 0 Å². The molecule has 1 amide bonds. The quantitative estimate of drug-likeness (QED) is 0.741. The van der Waals surface area contributed by atoms with Crippen LogP contribution in [0.25, 0.3) is 10.9 Å². The van der Waals surface area contributed by atoms with Crippen LogP contribution in [0.2, 0.25) is 5.02 Å². The highest BCUT2D eigenvalue weighted by molar-refractivity contribution is 6.31. The zero-order valence-electron chi connectivity index (χ0n) is 12.4. The number of anilines is 1. The van der Waals surface area contributed by atoms with Crippen LogP contribution in [0.4, 0.5) is 5.69 Å². The SMILES string of the molecule is Cc1ccc2cccc(NC(=O)c3ccc(C)c(Cl)c3)c2n1. The molecule has 0 aliphatic rings. The summed E-state index contributed by atoms with van der Waals surface area (Å²) in [5.74, 6) is -0.197. The van der Waals surface area contributed by atoms with Crippen molar-refractivity contribution in [2.75, 3.05) is 5.32 Å². The minimum Gasteiger partial charge on any atom is -0.320 e. The van der Waals surface area contributed by atoms with Crippen LogP contribution in [0, 0.1) is 13.8 Å². The predicted octanol–water partition coefficient (Wildman–Crippen LogP) is 4.76. The van der Waals surface area contributed by atoms with Gasteiger partial charge in [-0.2, -0.15) is 0 Å². The molecule has 2 aromatic carbocycles. The molecule has 3 aromatic rings. The summed E-state index contributed by atoms with van der Waals surface area (Å²) in [4.78, 5) is 16.9. The van der Waals surface area contributed by atoms with Crippen molar-refractivity contribution < 1.29 is 4.79 Å². The summed E-state index contributed by atoms with van der Waals surface area (Å²) < 4.78 is 0. The molecule has 0 radical (unpaired) electrons. The summed E-state index contributed by atoms with van der Waals surface area (Å²) in [6.45, 7) is 3.83. The second kappa shape index (κ2) is 5.78. The summed E-state index contributed by atoms with van der Waals surface area (Å²) in [5.41, 5.74) is 3.87. The number of pyridine rings is 1. The third kappa shape index (κ3) is 2.81. The molecule has 22 heavy (non-hydrogen) atoms. The van der Waals surface area contributed by atoms with Crippen molar-refractivity contribution in [1.29, 1.82) is 0 Å². The number of aryl methyl sites for hydroxylation is 2. The number of hydrogen-bond donors (Lipinski definition) is 1. The Balaban J connectivity index is 1.97. The number of para-hydroxylation sites is 1. The van der Waals surface area contributed by atoms with Crippen LogP contribution in [-0.4, -0.2) is 10.9 Å². The van der Waals surface area contributed by atoms with Crippen LogP contribution < -0.4 is 5.32 Å². The first-order valence-corrected chi connectivity index (χ1v) is 7.36. The Morgan fingerprint density at radius 3 is 2.68 bits per heavy atom. The average molecular weight is 311 g/mol. The fourth-order valence-electron chi connectivity index (χ4n) is 2.27. The van der Waals surface area contributed by atoms with Crippen molar-refractivity contribution in [3.8, 4) is 0 Å². The number of carbonyl (C=O) groups excluding carboxylic acids is 1. The molecular weight excluding hydrogens is 296 g/mol. The number of aromatic nitrogens is 1. The van der Waals surface area contributed by atoms with Crippen LogP contribution in [0.15, 0.2) is 48.5 Å². The number of halogens is 1. The van der Waals surface area contributed by atoms with E-state index >= 15 is 0 Å². The Labute approximate surface area is 133 Å². The zero-order valence-corrected chi connectivity index (χ0v) is 13.1. The highest BCUT2D eigenvalue weighted by Crippen LogP contribution is 2.23. The molecule has 1 heterocycles. The summed E-state index contributed by atoms with van der Waals surface area (Å²) in [5, 5.41) is 4.49. The number of nitrogens with zero attached hydrogens (tertiary/aromatic N) is 1. The predicted molar refractivity (Wildman–Crippen MR) is 90.6 cm³/mol. The fourth-order valence-corrected chi connectivity index (χ4v) is 2.45. The summed E-state index contributed by atoms with van der Waals surface area (Å²) in [6, 6.07) is 14.9. The molecule has 3 nitrogen and oxygen atoms in total. The number of hydrogen-bond acceptors (Lipinski definition) is 2. The Kier molecular flexibility index (Phi) is 3.82. The average Bonchev–Trinajstić information content (AvgIpc) is 2.50. The van der Waals surface area contributed by atoms with E-state index in [0.29, 0.717) is 16.3 Å². The van der Waals surface area contributed by atoms with E-state index in [4.69, 9.17) is 11.6 Å². The fraction of sp³-hybridized carbons (Fsp3) is 0.111. The Hall–Kier alpha value is -2.39. The molecule has 1 aromatic heterocycles. The summed E-state index contributed by atoms with van der Waals surface area (Å²) in [7, 11) is 0. The first-order valence-electron chi connectivity index (χ1n) is 6.98. The lowest BCUT2D eigenvalue weighted by Gasteiger charge is -2.09. The molecule has 0 fully saturated rings. The molecule has 110 valence electrons. The van der Waals surface area contributed by atoms with Gasteiger partial charge in [0.05, 0.1) is 11.2 Å². The summed E-state index contributed by atoms with van der Waals surface area (Å²) >= 11 is 6.08. The molecule has 4 heteroatoms. The molecule has 0 aliphatic heterocycles. The van der Waals surface area contributed by atoms with E-state index in [2.05, 4.69) is 10.3 Å². The number of carbonyl (C=O) groups is 1. The molecule has 0 spiro atoms. The van der Waals surface area contributed by atoms with E-state index < -0.39 is 0 Å². The van der Waals surface area contributed by atoms with Gasteiger partial charge in [0.1, 0.15) is 0 Å². The topological polar surface area (TPSA) is 42.0 Å². The van der Waals surface area contributed by atoms with E-state index in [1.54, 1.807) is 12.1 Å². The van der Waals surface area contributed by atoms with Crippen LogP contribution in [0.3, 0.4) is 0 Å². The number of nitrogens with one attached hydrogen (secondary N) is 1. The molecule has 1 N–H and O–H groups in total. The van der Waals surface area contributed by atoms with E-state index in [1.165, 1.54) is 0 Å². The molecule has 3 rings (SSSR count). The maximum atomic E-state index is 12.4. The lowest BCUT2D eigenvalue weighted by atomic mass is 10.1. The minimum atomic E-state index is -0.197. The van der Waals surface area contributed by atoms with Gasteiger partial charge in [-0.25, -0.2) is 0 Å². The first-order chi connectivity index (χ1) is 10.5. The second-order valence-electron chi connectivity index (χ2n) is 5.25. The normalized spacial score (nSPS) is 10.7. The minimum absolute atomic E-state index is 0.197. The van der Waals surface area contributed by atoms with E-state index in [1.807, 2.05) is 50.2 Å². The molecule has 0 saturated heterocycles. The van der Waals surface area contributed by atoms with Gasteiger partial charge in [0.25, 0.3) is 5.91 Å². The zero-order chi connectivity index (χ0) is 15.7. The third-order valence-corrected chi connectivity index (χ3v) is 3.95. The monoisotopic (exact) mass is 310 g/mol. The lowest BCUT2D eigenvalue weighted by molar-refractivity contribution is 0.102. The van der Waals surface area contributed by atoms with E-state index in [9.17, 15) is 4.79 Å². The van der Waals surface area contributed by atoms with Gasteiger partial charge in [0, 0.05) is 21.7 Å². The third-order valence-electron chi connectivity index (χ3n) is 3.54. The molecule has 0 saturated carbocycles. The Morgan fingerprint density at radius 2 is 1.91 bits per heavy atom. The van der Waals surface area contributed by atoms with Gasteiger partial charge in [0.15, 0.2) is 0 Å². The maximum absolute atomic E-state index is 12.4. The van der Waals surface area contributed by atoms with Crippen LogP contribution in [0.1, 0.15) is 21.6 Å². The van der Waals surface area contributed by atoms with Crippen molar-refractivity contribution in [2.45, 2.75) is 13.8 Å². The molecule has 0 bridgehead atoms. The first kappa shape index (κ1) is 14.5. The maximum Gasteiger partial charge on any atom is 0.255 e. The van der Waals surface area contributed by atoms with Gasteiger partial charge in [-0.15, -0.1) is 0 Å². The van der Waals surface area contributed by atoms with Gasteiger partial charge in [0.2, 0.25) is 0 Å². The number of rotatable bonds is 2. The molecule has 0 unspecified atom stereocenters. The van der Waals surface area contributed by atoms with Crippen molar-refractivity contribution in [3.05, 3.63) is 70.4 Å². The van der Waals surface area contributed by atoms with Crippen LogP contribution >= 0.6 is 11.6 Å². The second-order valence-corrected chi connectivity index (χ2v) is 5.66. The number of amides is 1. The lowest BCUT2D eigenvalue weighted by Crippen LogP contribution is -2.12. The van der Waals surface area contributed by atoms with Gasteiger partial charge in [-0.3, -0.25) is 9.78 Å². The molecule has 0 aliphatic carbocycles. The van der Waals surface area contributed by atoms with Gasteiger partial charge in [-0.1, -0.05) is 35.9 Å². The van der Waals surface area contributed by atoms with Crippen molar-refractivity contribution in [1.82, 2.24) is 4.98 Å². The number of benzene rings is 2. The van der Waals surface area contributed by atoms with Crippen LogP contribution in [-0.2, 0) is 0 Å². The standard InChI is InChI=1S/C18H15ClN2O/c1-11-6-8-14(10-15(11)19)18(22)21-16-5-3-4-13-9-7-12(2)20-17(13)16/h3-10H,1-2H3,(H,21,22). The van der Waals surface area contributed by atoms with Gasteiger partial charge < -0.3 is 5.32 Å². The molecule has 0 atom stereocenters. The molecular formula is C18H15ClN2O. The Bertz CT molecular complexity index is 874. The number of fused-ring (bicyclic) bond motifs is 1. The van der Waals surface area contributed by atoms with Gasteiger partial charge >= 0.3 is 0 Å². The van der Waals surface area contributed by atoms with Crippen LogP contribution in [0.5, 0.6) is 0 Å². The summed E-state index contributed by atoms with van der Waals surface area (Å²) in [6.07, 6.45) is 0. The van der Waals surface area contributed by atoms with E-state index in [0.717, 1.165) is 22.2 Å². The Morgan fingerprint density at radius 1 is 1.09 bits per heavy atom. The van der Waals surface area contributed by atoms with Crippen molar-refractivity contribution >= 4 is 34.1 Å². The largest absolute Gasteiger partial charge is 0.320 e. The highest BCUT2D eigenvalue weighted by Gasteiger charge is 2.10. The highest BCUT2D eigenvalue weighted by atomic mass is 35.5. The van der Waals surface area contributed by atoms with Crippen molar-refractivity contribution in [2.24, 2.45) is 0 Å². The smallest absolute Gasteiger partial charge is 0.255 e. The van der Waals surface area contributed by atoms with Gasteiger partial charge in [-0.05, 0) is 43.7 Å². The van der Waals surface area contributed by atoms with E-state index in [-0.39, 0.29) is 5.91 Å².